The van der Waals surface area contributed by atoms with Crippen LogP contribution in [0.15, 0.2) is 32.0 Å². The molecule has 1 aromatic carbocycles. The Morgan fingerprint density at radius 3 is 2.47 bits per heavy atom. The lowest BCUT2D eigenvalue weighted by atomic mass is 10.4. The molecule has 0 aromatic heterocycles. The van der Waals surface area contributed by atoms with Crippen LogP contribution < -0.4 is 0 Å². The normalized spacial score (nSPS) is 12.1. The molecular formula is C8H9Br2NO3S. The zero-order valence-corrected chi connectivity index (χ0v) is 12.1. The molecule has 0 N–H and O–H groups in total. The molecule has 0 amide bonds. The Labute approximate surface area is 105 Å². The molecule has 7 heteroatoms. The maximum Gasteiger partial charge on any atom is 0.265 e. The molecule has 0 aliphatic rings. The Hall–Kier alpha value is 0.0500. The van der Waals surface area contributed by atoms with Gasteiger partial charge in [0.15, 0.2) is 0 Å². The van der Waals surface area contributed by atoms with E-state index in [0.29, 0.717) is 8.95 Å². The second-order valence-electron chi connectivity index (χ2n) is 2.67. The van der Waals surface area contributed by atoms with E-state index in [-0.39, 0.29) is 4.90 Å². The van der Waals surface area contributed by atoms with Crippen LogP contribution in [0.25, 0.3) is 0 Å². The van der Waals surface area contributed by atoms with Gasteiger partial charge in [-0.3, -0.25) is 4.84 Å². The summed E-state index contributed by atoms with van der Waals surface area (Å²) >= 11 is 6.40. The van der Waals surface area contributed by atoms with Crippen LogP contribution in [0.3, 0.4) is 0 Å². The molecule has 0 saturated carbocycles. The third-order valence-corrected chi connectivity index (χ3v) is 4.93. The van der Waals surface area contributed by atoms with Crippen LogP contribution in [0.1, 0.15) is 0 Å². The molecule has 0 fully saturated rings. The van der Waals surface area contributed by atoms with Crippen LogP contribution in [0.5, 0.6) is 0 Å². The molecule has 15 heavy (non-hydrogen) atoms. The fraction of sp³-hybridized carbons (Fsp3) is 0.250. The van der Waals surface area contributed by atoms with Gasteiger partial charge in [-0.15, -0.1) is 0 Å². The van der Waals surface area contributed by atoms with E-state index >= 15 is 0 Å². The quantitative estimate of drug-likeness (QED) is 0.779. The second kappa shape index (κ2) is 4.92. The lowest BCUT2D eigenvalue weighted by Gasteiger charge is -2.15. The van der Waals surface area contributed by atoms with Gasteiger partial charge in [0.2, 0.25) is 0 Å². The predicted molar refractivity (Wildman–Crippen MR) is 63.8 cm³/mol. The van der Waals surface area contributed by atoms with Crippen molar-refractivity contribution in [1.29, 1.82) is 0 Å². The molecule has 0 atom stereocenters. The van der Waals surface area contributed by atoms with Gasteiger partial charge in [0.05, 0.1) is 12.0 Å². The Balaban J connectivity index is 3.33. The molecular weight excluding hydrogens is 350 g/mol. The van der Waals surface area contributed by atoms with Gasteiger partial charge in [-0.2, -0.15) is 0 Å². The minimum absolute atomic E-state index is 0.154. The van der Waals surface area contributed by atoms with Gasteiger partial charge in [-0.05, 0) is 34.1 Å². The zero-order valence-electron chi connectivity index (χ0n) is 8.07. The van der Waals surface area contributed by atoms with Crippen molar-refractivity contribution in [3.05, 3.63) is 27.1 Å². The first-order valence-electron chi connectivity index (χ1n) is 3.87. The Morgan fingerprint density at radius 2 is 1.93 bits per heavy atom. The molecule has 0 bridgehead atoms. The van der Waals surface area contributed by atoms with Crippen LogP contribution in [0, 0.1) is 0 Å². The van der Waals surface area contributed by atoms with E-state index in [4.69, 9.17) is 0 Å². The van der Waals surface area contributed by atoms with Crippen molar-refractivity contribution in [2.45, 2.75) is 4.90 Å². The number of hydrogen-bond donors (Lipinski definition) is 0. The molecule has 0 aliphatic heterocycles. The Bertz CT molecular complexity index is 461. The molecule has 1 aromatic rings. The monoisotopic (exact) mass is 357 g/mol. The van der Waals surface area contributed by atoms with Gasteiger partial charge in [-0.25, -0.2) is 8.42 Å². The number of nitrogens with zero attached hydrogens (tertiary/aromatic N) is 1. The molecule has 84 valence electrons. The average molecular weight is 359 g/mol. The van der Waals surface area contributed by atoms with E-state index in [1.165, 1.54) is 20.2 Å². The minimum Gasteiger partial charge on any atom is -0.288 e. The Morgan fingerprint density at radius 1 is 1.33 bits per heavy atom. The molecule has 0 saturated heterocycles. The van der Waals surface area contributed by atoms with E-state index in [9.17, 15) is 8.42 Å². The van der Waals surface area contributed by atoms with E-state index in [1.54, 1.807) is 12.1 Å². The highest BCUT2D eigenvalue weighted by Crippen LogP contribution is 2.27. The predicted octanol–water partition coefficient (Wildman–Crippen LogP) is 2.39. The summed E-state index contributed by atoms with van der Waals surface area (Å²) in [4.78, 5) is 4.83. The first-order chi connectivity index (χ1) is 6.89. The average Bonchev–Trinajstić information content (AvgIpc) is 2.20. The summed E-state index contributed by atoms with van der Waals surface area (Å²) in [6.45, 7) is 0. The maximum atomic E-state index is 11.9. The van der Waals surface area contributed by atoms with Crippen molar-refractivity contribution in [2.24, 2.45) is 0 Å². The van der Waals surface area contributed by atoms with Gasteiger partial charge < -0.3 is 0 Å². The Kier molecular flexibility index (Phi) is 4.30. The summed E-state index contributed by atoms with van der Waals surface area (Å²) in [7, 11) is -0.977. The topological polar surface area (TPSA) is 46.6 Å². The maximum absolute atomic E-state index is 11.9. The number of hydrogen-bond acceptors (Lipinski definition) is 3. The smallest absolute Gasteiger partial charge is 0.265 e. The lowest BCUT2D eigenvalue weighted by molar-refractivity contribution is -0.0259. The van der Waals surface area contributed by atoms with Gasteiger partial charge in [0, 0.05) is 16.0 Å². The van der Waals surface area contributed by atoms with E-state index in [2.05, 4.69) is 36.7 Å². The first kappa shape index (κ1) is 13.1. The molecule has 0 heterocycles. The first-order valence-corrected chi connectivity index (χ1v) is 6.90. The van der Waals surface area contributed by atoms with E-state index in [0.717, 1.165) is 4.47 Å². The number of rotatable bonds is 3. The summed E-state index contributed by atoms with van der Waals surface area (Å²) in [5.41, 5.74) is 0. The molecule has 0 aliphatic carbocycles. The molecule has 0 radical (unpaired) electrons. The third kappa shape index (κ3) is 2.79. The number of benzene rings is 1. The van der Waals surface area contributed by atoms with Crippen molar-refractivity contribution in [1.82, 2.24) is 4.47 Å². The largest absolute Gasteiger partial charge is 0.288 e. The van der Waals surface area contributed by atoms with Crippen LogP contribution in [0.4, 0.5) is 0 Å². The minimum atomic E-state index is -3.61. The fourth-order valence-electron chi connectivity index (χ4n) is 0.912. The van der Waals surface area contributed by atoms with Gasteiger partial charge in [0.25, 0.3) is 10.0 Å². The number of sulfonamides is 1. The van der Waals surface area contributed by atoms with Crippen molar-refractivity contribution in [3.63, 3.8) is 0 Å². The van der Waals surface area contributed by atoms with Gasteiger partial charge >= 0.3 is 0 Å². The number of halogens is 2. The molecule has 4 nitrogen and oxygen atoms in total. The molecule has 1 rings (SSSR count). The highest BCUT2D eigenvalue weighted by Gasteiger charge is 2.23. The third-order valence-electron chi connectivity index (χ3n) is 1.77. The summed E-state index contributed by atoms with van der Waals surface area (Å²) in [5.74, 6) is 0. The highest BCUT2D eigenvalue weighted by atomic mass is 79.9. The van der Waals surface area contributed by atoms with Crippen LogP contribution in [-0.2, 0) is 14.9 Å². The van der Waals surface area contributed by atoms with Crippen LogP contribution in [0.2, 0.25) is 0 Å². The lowest BCUT2D eigenvalue weighted by Crippen LogP contribution is -2.26. The van der Waals surface area contributed by atoms with Crippen molar-refractivity contribution in [3.8, 4) is 0 Å². The summed E-state index contributed by atoms with van der Waals surface area (Å²) < 4.78 is 25.8. The SMILES string of the molecule is CON(C)S(=O)(=O)c1cc(Br)ccc1Br. The van der Waals surface area contributed by atoms with Gasteiger partial charge in [0.1, 0.15) is 0 Å². The molecule has 0 spiro atoms. The standard InChI is InChI=1S/C8H9Br2NO3S/c1-11(14-2)15(12,13)8-5-6(9)3-4-7(8)10/h3-5H,1-2H3. The van der Waals surface area contributed by atoms with E-state index < -0.39 is 10.0 Å². The van der Waals surface area contributed by atoms with Crippen LogP contribution in [-0.4, -0.2) is 27.0 Å². The zero-order chi connectivity index (χ0) is 11.6. The summed E-state index contributed by atoms with van der Waals surface area (Å²) in [6, 6.07) is 4.91. The van der Waals surface area contributed by atoms with Crippen molar-refractivity contribution < 1.29 is 13.3 Å². The van der Waals surface area contributed by atoms with E-state index in [1.807, 2.05) is 0 Å². The summed E-state index contributed by atoms with van der Waals surface area (Å²) in [5, 5.41) is 0. The van der Waals surface area contributed by atoms with Crippen molar-refractivity contribution in [2.75, 3.05) is 14.2 Å². The highest BCUT2D eigenvalue weighted by molar-refractivity contribution is 9.11. The number of hydroxylamine groups is 1. The van der Waals surface area contributed by atoms with Gasteiger partial charge in [-0.1, -0.05) is 20.4 Å². The molecule has 0 unspecified atom stereocenters. The summed E-state index contributed by atoms with van der Waals surface area (Å²) in [6.07, 6.45) is 0. The fourth-order valence-corrected chi connectivity index (χ4v) is 3.35. The second-order valence-corrected chi connectivity index (χ2v) is 6.35. The van der Waals surface area contributed by atoms with Crippen molar-refractivity contribution >= 4 is 41.9 Å². The van der Waals surface area contributed by atoms with Crippen LogP contribution >= 0.6 is 31.9 Å².